The van der Waals surface area contributed by atoms with Gasteiger partial charge in [-0.25, -0.2) is 9.80 Å². The van der Waals surface area contributed by atoms with Gasteiger partial charge in [0.1, 0.15) is 6.17 Å². The van der Waals surface area contributed by atoms with Crippen molar-refractivity contribution >= 4 is 23.6 Å². The van der Waals surface area contributed by atoms with Crippen molar-refractivity contribution in [1.82, 2.24) is 10.6 Å². The Morgan fingerprint density at radius 1 is 1.06 bits per heavy atom. The number of benzene rings is 2. The molecule has 2 aliphatic rings. The molecule has 6 nitrogen and oxygen atoms in total. The Hall–Kier alpha value is -2.86. The second-order valence-corrected chi connectivity index (χ2v) is 10.9. The van der Waals surface area contributed by atoms with Crippen LogP contribution >= 0.6 is 0 Å². The fourth-order valence-corrected chi connectivity index (χ4v) is 4.01. The fraction of sp³-hybridized carbons (Fsp3) is 0.500. The van der Waals surface area contributed by atoms with E-state index in [2.05, 4.69) is 73.9 Å². The van der Waals surface area contributed by atoms with Gasteiger partial charge in [0.2, 0.25) is 0 Å². The van der Waals surface area contributed by atoms with E-state index < -0.39 is 0 Å². The summed E-state index contributed by atoms with van der Waals surface area (Å²) in [6, 6.07) is 16.1. The second kappa shape index (κ2) is 12.0. The first-order valence-electron chi connectivity index (χ1n) is 12.4. The lowest BCUT2D eigenvalue weighted by atomic mass is 9.90. The third-order valence-electron chi connectivity index (χ3n) is 5.66. The zero-order valence-corrected chi connectivity index (χ0v) is 21.4. The normalized spacial score (nSPS) is 18.3. The SMILES string of the molecule is CC(C)(C)C.Cc1ccc(N2N=CCC2NC(=O)Nc2ccccc2CC2CCNCC2)cc1. The Balaban J connectivity index is 0.000000588. The van der Waals surface area contributed by atoms with Crippen molar-refractivity contribution in [2.24, 2.45) is 16.4 Å². The van der Waals surface area contributed by atoms with E-state index in [1.807, 2.05) is 41.6 Å². The summed E-state index contributed by atoms with van der Waals surface area (Å²) in [6.07, 6.45) is 5.71. The van der Waals surface area contributed by atoms with Gasteiger partial charge in [0.25, 0.3) is 0 Å². The average molecular weight is 464 g/mol. The lowest BCUT2D eigenvalue weighted by Gasteiger charge is -2.26. The molecule has 0 aromatic heterocycles. The number of hydrogen-bond acceptors (Lipinski definition) is 4. The minimum absolute atomic E-state index is 0.186. The van der Waals surface area contributed by atoms with E-state index in [4.69, 9.17) is 0 Å². The maximum Gasteiger partial charge on any atom is 0.320 e. The van der Waals surface area contributed by atoms with Gasteiger partial charge in [-0.2, -0.15) is 5.10 Å². The Morgan fingerprint density at radius 2 is 1.71 bits per heavy atom. The number of aryl methyl sites for hydroxylation is 1. The molecule has 2 heterocycles. The monoisotopic (exact) mass is 463 g/mol. The third kappa shape index (κ3) is 8.49. The van der Waals surface area contributed by atoms with Crippen LogP contribution in [0.4, 0.5) is 16.2 Å². The first-order chi connectivity index (χ1) is 16.2. The molecule has 34 heavy (non-hydrogen) atoms. The zero-order chi connectivity index (χ0) is 24.6. The predicted octanol–water partition coefficient (Wildman–Crippen LogP) is 5.93. The maximum absolute atomic E-state index is 12.7. The van der Waals surface area contributed by atoms with E-state index in [9.17, 15) is 4.79 Å². The standard InChI is InChI=1S/C23H29N5O.C5H12/c1-17-6-8-20(9-7-17)28-22(12-15-25-28)27-23(29)26-21-5-3-2-4-19(21)16-18-10-13-24-14-11-18;1-5(2,3)4/h2-9,15,18,22,24H,10-14,16H2,1H3,(H2,26,27,29);1-4H3. The van der Waals surface area contributed by atoms with E-state index in [1.165, 1.54) is 24.0 Å². The molecule has 0 spiro atoms. The molecule has 0 aliphatic carbocycles. The van der Waals surface area contributed by atoms with Crippen LogP contribution in [0.1, 0.15) is 58.1 Å². The van der Waals surface area contributed by atoms with Gasteiger partial charge in [0.05, 0.1) is 5.69 Å². The topological polar surface area (TPSA) is 68.8 Å². The largest absolute Gasteiger partial charge is 0.320 e. The van der Waals surface area contributed by atoms with Gasteiger partial charge in [0.15, 0.2) is 0 Å². The Bertz CT molecular complexity index is 936. The molecule has 2 amide bonds. The molecule has 1 saturated heterocycles. The van der Waals surface area contributed by atoms with E-state index in [0.29, 0.717) is 17.8 Å². The van der Waals surface area contributed by atoms with Crippen LogP contribution < -0.4 is 21.0 Å². The molecule has 0 bridgehead atoms. The Morgan fingerprint density at radius 3 is 2.38 bits per heavy atom. The number of hydrazone groups is 1. The van der Waals surface area contributed by atoms with Crippen molar-refractivity contribution in [1.29, 1.82) is 0 Å². The fourth-order valence-electron chi connectivity index (χ4n) is 4.01. The number of carbonyl (C=O) groups is 1. The molecule has 2 aromatic carbocycles. The molecular formula is C28H41N5O. The highest BCUT2D eigenvalue weighted by atomic mass is 16.2. The van der Waals surface area contributed by atoms with Crippen LogP contribution in [0.3, 0.4) is 0 Å². The molecule has 0 radical (unpaired) electrons. The number of rotatable bonds is 5. The van der Waals surface area contributed by atoms with Crippen molar-refractivity contribution in [3.63, 3.8) is 0 Å². The predicted molar refractivity (Wildman–Crippen MR) is 144 cm³/mol. The van der Waals surface area contributed by atoms with Crippen molar-refractivity contribution in [3.05, 3.63) is 59.7 Å². The van der Waals surface area contributed by atoms with E-state index in [-0.39, 0.29) is 12.2 Å². The maximum atomic E-state index is 12.7. The minimum Gasteiger partial charge on any atom is -0.317 e. The highest BCUT2D eigenvalue weighted by molar-refractivity contribution is 5.91. The van der Waals surface area contributed by atoms with Crippen molar-refractivity contribution in [2.75, 3.05) is 23.4 Å². The molecule has 1 fully saturated rings. The molecule has 0 saturated carbocycles. The molecule has 1 atom stereocenters. The van der Waals surface area contributed by atoms with E-state index in [1.54, 1.807) is 0 Å². The third-order valence-corrected chi connectivity index (χ3v) is 5.66. The number of nitrogens with zero attached hydrogens (tertiary/aromatic N) is 2. The number of piperidine rings is 1. The van der Waals surface area contributed by atoms with Crippen LogP contribution in [0, 0.1) is 18.3 Å². The van der Waals surface area contributed by atoms with Crippen molar-refractivity contribution in [3.8, 4) is 0 Å². The molecule has 2 aliphatic heterocycles. The van der Waals surface area contributed by atoms with Gasteiger partial charge in [-0.05, 0) is 74.4 Å². The van der Waals surface area contributed by atoms with Crippen LogP contribution in [0.15, 0.2) is 53.6 Å². The highest BCUT2D eigenvalue weighted by Gasteiger charge is 2.24. The number of para-hydroxylation sites is 1. The number of carbonyl (C=O) groups excluding carboxylic acids is 1. The van der Waals surface area contributed by atoms with Crippen LogP contribution in [-0.4, -0.2) is 31.5 Å². The average Bonchev–Trinajstić information content (AvgIpc) is 3.23. The number of amides is 2. The summed E-state index contributed by atoms with van der Waals surface area (Å²) in [5.74, 6) is 0.669. The van der Waals surface area contributed by atoms with Gasteiger partial charge >= 0.3 is 6.03 Å². The van der Waals surface area contributed by atoms with Gasteiger partial charge in [-0.3, -0.25) is 0 Å². The quantitative estimate of drug-likeness (QED) is 0.514. The summed E-state index contributed by atoms with van der Waals surface area (Å²) in [4.78, 5) is 12.7. The molecule has 4 rings (SSSR count). The first-order valence-corrected chi connectivity index (χ1v) is 12.4. The molecule has 1 unspecified atom stereocenters. The van der Waals surface area contributed by atoms with Crippen LogP contribution in [0.2, 0.25) is 0 Å². The van der Waals surface area contributed by atoms with Crippen LogP contribution in [-0.2, 0) is 6.42 Å². The van der Waals surface area contributed by atoms with Gasteiger partial charge in [-0.15, -0.1) is 0 Å². The van der Waals surface area contributed by atoms with Gasteiger partial charge in [-0.1, -0.05) is 63.6 Å². The van der Waals surface area contributed by atoms with E-state index >= 15 is 0 Å². The number of hydrogen-bond donors (Lipinski definition) is 3. The van der Waals surface area contributed by atoms with Gasteiger partial charge < -0.3 is 16.0 Å². The zero-order valence-electron chi connectivity index (χ0n) is 21.4. The second-order valence-electron chi connectivity index (χ2n) is 10.9. The Labute approximate surface area is 205 Å². The Kier molecular flexibility index (Phi) is 9.11. The molecule has 3 N–H and O–H groups in total. The summed E-state index contributed by atoms with van der Waals surface area (Å²) in [6.45, 7) is 13.0. The van der Waals surface area contributed by atoms with Crippen molar-refractivity contribution in [2.45, 2.75) is 66.5 Å². The number of nitrogens with one attached hydrogen (secondary N) is 3. The first kappa shape index (κ1) is 25.8. The summed E-state index contributed by atoms with van der Waals surface area (Å²) in [5.41, 5.74) is 4.77. The lowest BCUT2D eigenvalue weighted by Crippen LogP contribution is -2.45. The summed E-state index contributed by atoms with van der Waals surface area (Å²) < 4.78 is 0. The molecular weight excluding hydrogens is 422 g/mol. The highest BCUT2D eigenvalue weighted by Crippen LogP contribution is 2.24. The van der Waals surface area contributed by atoms with Gasteiger partial charge in [0, 0.05) is 18.3 Å². The summed E-state index contributed by atoms with van der Waals surface area (Å²) >= 11 is 0. The molecule has 184 valence electrons. The lowest BCUT2D eigenvalue weighted by molar-refractivity contribution is 0.248. The molecule has 2 aromatic rings. The number of urea groups is 1. The summed E-state index contributed by atoms with van der Waals surface area (Å²) in [7, 11) is 0. The van der Waals surface area contributed by atoms with E-state index in [0.717, 1.165) is 30.9 Å². The van der Waals surface area contributed by atoms with Crippen LogP contribution in [0.25, 0.3) is 0 Å². The summed E-state index contributed by atoms with van der Waals surface area (Å²) in [5, 5.41) is 15.8. The smallest absolute Gasteiger partial charge is 0.317 e. The minimum atomic E-state index is -0.199. The molecule has 6 heteroatoms. The van der Waals surface area contributed by atoms with Crippen LogP contribution in [0.5, 0.6) is 0 Å². The number of anilines is 2. The van der Waals surface area contributed by atoms with Crippen molar-refractivity contribution < 1.29 is 4.79 Å².